The van der Waals surface area contributed by atoms with Crippen LogP contribution in [0.2, 0.25) is 0 Å². The van der Waals surface area contributed by atoms with Crippen LogP contribution in [-0.4, -0.2) is 6.54 Å². The molecule has 0 saturated carbocycles. The van der Waals surface area contributed by atoms with E-state index in [9.17, 15) is 13.2 Å². The molecule has 1 N–H and O–H groups in total. The highest BCUT2D eigenvalue weighted by atomic mass is 19.4. The Morgan fingerprint density at radius 2 is 1.80 bits per heavy atom. The lowest BCUT2D eigenvalue weighted by Gasteiger charge is -2.29. The predicted octanol–water partition coefficient (Wildman–Crippen LogP) is 5.04. The fraction of sp³-hybridized carbons (Fsp3) is 0.625. The number of benzene rings is 1. The van der Waals surface area contributed by atoms with Gasteiger partial charge < -0.3 is 5.32 Å². The van der Waals surface area contributed by atoms with Crippen LogP contribution in [-0.2, 0) is 6.18 Å². The number of hydrogen-bond acceptors (Lipinski definition) is 1. The van der Waals surface area contributed by atoms with E-state index in [1.54, 1.807) is 6.07 Å². The lowest BCUT2D eigenvalue weighted by Crippen LogP contribution is -2.30. The van der Waals surface area contributed by atoms with E-state index in [2.05, 4.69) is 33.0 Å². The van der Waals surface area contributed by atoms with Gasteiger partial charge in [-0.3, -0.25) is 0 Å². The van der Waals surface area contributed by atoms with E-state index in [0.717, 1.165) is 24.6 Å². The van der Waals surface area contributed by atoms with Gasteiger partial charge in [-0.1, -0.05) is 39.8 Å². The van der Waals surface area contributed by atoms with E-state index < -0.39 is 11.7 Å². The van der Waals surface area contributed by atoms with Crippen LogP contribution >= 0.6 is 0 Å². The van der Waals surface area contributed by atoms with E-state index in [1.807, 2.05) is 0 Å². The van der Waals surface area contributed by atoms with Gasteiger partial charge in [0, 0.05) is 6.04 Å². The van der Waals surface area contributed by atoms with Crippen LogP contribution in [0, 0.1) is 11.8 Å². The van der Waals surface area contributed by atoms with E-state index in [4.69, 9.17) is 0 Å². The Balaban J connectivity index is 3.07. The molecule has 2 atom stereocenters. The highest BCUT2D eigenvalue weighted by Gasteiger charge is 2.31. The highest BCUT2D eigenvalue weighted by Crippen LogP contribution is 2.33. The second-order valence-electron chi connectivity index (χ2n) is 5.66. The van der Waals surface area contributed by atoms with E-state index in [1.165, 1.54) is 12.1 Å². The van der Waals surface area contributed by atoms with Crippen molar-refractivity contribution in [3.63, 3.8) is 0 Å². The third kappa shape index (κ3) is 4.51. The number of hydrogen-bond donors (Lipinski definition) is 1. The molecule has 0 heterocycles. The van der Waals surface area contributed by atoms with Gasteiger partial charge in [-0.05, 0) is 42.5 Å². The Labute approximate surface area is 119 Å². The molecule has 0 saturated heterocycles. The van der Waals surface area contributed by atoms with Crippen LogP contribution in [0.3, 0.4) is 0 Å². The summed E-state index contributed by atoms with van der Waals surface area (Å²) in [4.78, 5) is 0. The maximum Gasteiger partial charge on any atom is 0.416 e. The van der Waals surface area contributed by atoms with Crippen molar-refractivity contribution in [2.24, 2.45) is 11.8 Å². The SMILES string of the molecule is CCCNC(c1cccc(C(F)(F)F)c1)C(C)C(C)C. The Morgan fingerprint density at radius 3 is 2.30 bits per heavy atom. The average Bonchev–Trinajstić information content (AvgIpc) is 2.38. The lowest BCUT2D eigenvalue weighted by molar-refractivity contribution is -0.137. The molecule has 114 valence electrons. The zero-order valence-electron chi connectivity index (χ0n) is 12.6. The fourth-order valence-electron chi connectivity index (χ4n) is 2.20. The minimum absolute atomic E-state index is 0.0442. The Morgan fingerprint density at radius 1 is 1.15 bits per heavy atom. The van der Waals surface area contributed by atoms with Gasteiger partial charge in [0.2, 0.25) is 0 Å². The molecule has 2 unspecified atom stereocenters. The first-order valence-electron chi connectivity index (χ1n) is 7.18. The van der Waals surface area contributed by atoms with Gasteiger partial charge in [0.15, 0.2) is 0 Å². The third-order valence-electron chi connectivity index (χ3n) is 3.76. The second-order valence-corrected chi connectivity index (χ2v) is 5.66. The van der Waals surface area contributed by atoms with Gasteiger partial charge in [0.1, 0.15) is 0 Å². The topological polar surface area (TPSA) is 12.0 Å². The molecule has 0 amide bonds. The lowest BCUT2D eigenvalue weighted by atomic mass is 9.85. The summed E-state index contributed by atoms with van der Waals surface area (Å²) in [6.45, 7) is 9.13. The summed E-state index contributed by atoms with van der Waals surface area (Å²) in [5.41, 5.74) is 0.142. The minimum Gasteiger partial charge on any atom is -0.310 e. The summed E-state index contributed by atoms with van der Waals surface area (Å²) >= 11 is 0. The standard InChI is InChI=1S/C16H24F3N/c1-5-9-20-15(12(4)11(2)3)13-7-6-8-14(10-13)16(17,18)19/h6-8,10-12,15,20H,5,9H2,1-4H3. The average molecular weight is 287 g/mol. The van der Waals surface area contributed by atoms with E-state index in [0.29, 0.717) is 5.92 Å². The molecule has 0 bridgehead atoms. The molecule has 4 heteroatoms. The molecular weight excluding hydrogens is 263 g/mol. The maximum atomic E-state index is 12.8. The van der Waals surface area contributed by atoms with Crippen LogP contribution in [0.4, 0.5) is 13.2 Å². The van der Waals surface area contributed by atoms with Crippen molar-refractivity contribution in [3.05, 3.63) is 35.4 Å². The molecule has 0 aliphatic heterocycles. The zero-order chi connectivity index (χ0) is 15.3. The first-order valence-corrected chi connectivity index (χ1v) is 7.18. The quantitative estimate of drug-likeness (QED) is 0.773. The molecule has 1 nitrogen and oxygen atoms in total. The molecule has 0 fully saturated rings. The van der Waals surface area contributed by atoms with Crippen molar-refractivity contribution < 1.29 is 13.2 Å². The molecule has 1 aromatic rings. The largest absolute Gasteiger partial charge is 0.416 e. The van der Waals surface area contributed by atoms with Crippen LogP contribution in [0.15, 0.2) is 24.3 Å². The van der Waals surface area contributed by atoms with Gasteiger partial charge in [-0.2, -0.15) is 13.2 Å². The van der Waals surface area contributed by atoms with Crippen molar-refractivity contribution in [3.8, 4) is 0 Å². The highest BCUT2D eigenvalue weighted by molar-refractivity contribution is 5.28. The molecule has 20 heavy (non-hydrogen) atoms. The van der Waals surface area contributed by atoms with Crippen LogP contribution in [0.1, 0.15) is 51.3 Å². The molecule has 0 radical (unpaired) electrons. The first kappa shape index (κ1) is 17.0. The monoisotopic (exact) mass is 287 g/mol. The normalized spacial score (nSPS) is 15.4. The van der Waals surface area contributed by atoms with E-state index >= 15 is 0 Å². The Bertz CT molecular complexity index is 412. The Hall–Kier alpha value is -1.03. The summed E-state index contributed by atoms with van der Waals surface area (Å²) < 4.78 is 38.5. The molecule has 0 aliphatic rings. The number of nitrogens with one attached hydrogen (secondary N) is 1. The number of alkyl halides is 3. The molecule has 0 spiro atoms. The van der Waals surface area contributed by atoms with Crippen molar-refractivity contribution in [2.75, 3.05) is 6.54 Å². The number of halogens is 3. The summed E-state index contributed by atoms with van der Waals surface area (Å²) in [6.07, 6.45) is -3.33. The predicted molar refractivity (Wildman–Crippen MR) is 76.5 cm³/mol. The van der Waals surface area contributed by atoms with Gasteiger partial charge in [0.05, 0.1) is 5.56 Å². The first-order chi connectivity index (χ1) is 9.27. The summed E-state index contributed by atoms with van der Waals surface area (Å²) in [5, 5.41) is 3.38. The van der Waals surface area contributed by atoms with Crippen molar-refractivity contribution >= 4 is 0 Å². The van der Waals surface area contributed by atoms with Crippen molar-refractivity contribution in [1.29, 1.82) is 0 Å². The second kappa shape index (κ2) is 7.11. The Kier molecular flexibility index (Phi) is 6.06. The van der Waals surface area contributed by atoms with Crippen LogP contribution < -0.4 is 5.32 Å². The van der Waals surface area contributed by atoms with Crippen LogP contribution in [0.25, 0.3) is 0 Å². The molecule has 0 aliphatic carbocycles. The smallest absolute Gasteiger partial charge is 0.310 e. The summed E-state index contributed by atoms with van der Waals surface area (Å²) in [5.74, 6) is 0.670. The third-order valence-corrected chi connectivity index (χ3v) is 3.76. The van der Waals surface area contributed by atoms with Gasteiger partial charge >= 0.3 is 6.18 Å². The van der Waals surface area contributed by atoms with Crippen molar-refractivity contribution in [2.45, 2.75) is 46.3 Å². The molecule has 0 aromatic heterocycles. The number of rotatable bonds is 6. The summed E-state index contributed by atoms with van der Waals surface area (Å²) in [6, 6.07) is 5.62. The van der Waals surface area contributed by atoms with Gasteiger partial charge in [0.25, 0.3) is 0 Å². The fourth-order valence-corrected chi connectivity index (χ4v) is 2.20. The zero-order valence-corrected chi connectivity index (χ0v) is 12.6. The van der Waals surface area contributed by atoms with Crippen LogP contribution in [0.5, 0.6) is 0 Å². The maximum absolute atomic E-state index is 12.8. The molecular formula is C16H24F3N. The molecule has 1 aromatic carbocycles. The minimum atomic E-state index is -4.29. The van der Waals surface area contributed by atoms with Gasteiger partial charge in [-0.25, -0.2) is 0 Å². The molecule has 1 rings (SSSR count). The van der Waals surface area contributed by atoms with E-state index in [-0.39, 0.29) is 12.0 Å². The van der Waals surface area contributed by atoms with Crippen molar-refractivity contribution in [1.82, 2.24) is 5.32 Å². The summed E-state index contributed by atoms with van der Waals surface area (Å²) in [7, 11) is 0. The van der Waals surface area contributed by atoms with Gasteiger partial charge in [-0.15, -0.1) is 0 Å².